The fourth-order valence-electron chi connectivity index (χ4n) is 2.53. The van der Waals surface area contributed by atoms with Crippen LogP contribution in [0, 0.1) is 11.8 Å². The van der Waals surface area contributed by atoms with Gasteiger partial charge in [-0.05, 0) is 25.2 Å². The van der Waals surface area contributed by atoms with Gasteiger partial charge in [-0.15, -0.1) is 0 Å². The zero-order valence-corrected chi connectivity index (χ0v) is 9.53. The van der Waals surface area contributed by atoms with E-state index in [0.717, 1.165) is 13.0 Å². The van der Waals surface area contributed by atoms with Crippen LogP contribution in [-0.2, 0) is 4.79 Å². The predicted molar refractivity (Wildman–Crippen MR) is 56.2 cm³/mol. The first-order valence-electron chi connectivity index (χ1n) is 5.42. The van der Waals surface area contributed by atoms with Crippen molar-refractivity contribution in [3.63, 3.8) is 0 Å². The van der Waals surface area contributed by atoms with Gasteiger partial charge in [-0.1, -0.05) is 20.8 Å². The lowest BCUT2D eigenvalue weighted by molar-refractivity contribution is -0.145. The first kappa shape index (κ1) is 11.5. The van der Waals surface area contributed by atoms with Crippen molar-refractivity contribution in [2.75, 3.05) is 6.54 Å². The summed E-state index contributed by atoms with van der Waals surface area (Å²) in [5, 5.41) is 9.17. The molecule has 3 heteroatoms. The molecule has 1 aliphatic rings. The standard InChI is InChI=1S/C11H21NO2/c1-7(2)10(11(13)14)12-6-8(3)5-9(12)4/h7-10H,5-6H2,1-4H3,(H,13,14). The first-order valence-corrected chi connectivity index (χ1v) is 5.42. The number of likely N-dealkylation sites (tertiary alicyclic amines) is 1. The van der Waals surface area contributed by atoms with Crippen LogP contribution in [0.1, 0.15) is 34.1 Å². The predicted octanol–water partition coefficient (Wildman–Crippen LogP) is 1.83. The highest BCUT2D eigenvalue weighted by atomic mass is 16.4. The van der Waals surface area contributed by atoms with Crippen molar-refractivity contribution in [3.8, 4) is 0 Å². The van der Waals surface area contributed by atoms with E-state index < -0.39 is 5.97 Å². The van der Waals surface area contributed by atoms with Crippen LogP contribution in [0.2, 0.25) is 0 Å². The van der Waals surface area contributed by atoms with Crippen molar-refractivity contribution >= 4 is 5.97 Å². The van der Waals surface area contributed by atoms with Crippen molar-refractivity contribution in [1.82, 2.24) is 4.90 Å². The molecule has 14 heavy (non-hydrogen) atoms. The van der Waals surface area contributed by atoms with Crippen LogP contribution >= 0.6 is 0 Å². The SMILES string of the molecule is CC1CC(C)N(C(C(=O)O)C(C)C)C1. The second-order valence-electron chi connectivity index (χ2n) is 4.91. The van der Waals surface area contributed by atoms with Crippen molar-refractivity contribution in [3.05, 3.63) is 0 Å². The number of hydrogen-bond acceptors (Lipinski definition) is 2. The van der Waals surface area contributed by atoms with E-state index in [0.29, 0.717) is 12.0 Å². The highest BCUT2D eigenvalue weighted by Gasteiger charge is 2.36. The van der Waals surface area contributed by atoms with Gasteiger partial charge in [-0.25, -0.2) is 0 Å². The Labute approximate surface area is 86.1 Å². The molecule has 1 heterocycles. The Bertz CT molecular complexity index is 215. The van der Waals surface area contributed by atoms with Gasteiger partial charge in [0.25, 0.3) is 0 Å². The largest absolute Gasteiger partial charge is 0.480 e. The van der Waals surface area contributed by atoms with Crippen LogP contribution in [0.25, 0.3) is 0 Å². The average molecular weight is 199 g/mol. The van der Waals surface area contributed by atoms with Crippen LogP contribution in [-0.4, -0.2) is 34.6 Å². The minimum absolute atomic E-state index is 0.181. The maximum Gasteiger partial charge on any atom is 0.321 e. The van der Waals surface area contributed by atoms with Gasteiger partial charge in [0.15, 0.2) is 0 Å². The van der Waals surface area contributed by atoms with Gasteiger partial charge in [0.05, 0.1) is 0 Å². The van der Waals surface area contributed by atoms with E-state index in [9.17, 15) is 4.79 Å². The van der Waals surface area contributed by atoms with Crippen LogP contribution < -0.4 is 0 Å². The molecule has 3 unspecified atom stereocenters. The van der Waals surface area contributed by atoms with E-state index >= 15 is 0 Å². The number of carbonyl (C=O) groups is 1. The van der Waals surface area contributed by atoms with E-state index in [-0.39, 0.29) is 12.0 Å². The van der Waals surface area contributed by atoms with Crippen LogP contribution in [0.15, 0.2) is 0 Å². The summed E-state index contributed by atoms with van der Waals surface area (Å²) in [5.41, 5.74) is 0. The number of carboxylic acids is 1. The van der Waals surface area contributed by atoms with E-state index in [2.05, 4.69) is 18.7 Å². The number of carboxylic acid groups (broad SMARTS) is 1. The summed E-state index contributed by atoms with van der Waals surface area (Å²) >= 11 is 0. The molecule has 82 valence electrons. The molecule has 0 amide bonds. The molecular weight excluding hydrogens is 178 g/mol. The molecule has 1 aliphatic heterocycles. The molecule has 1 rings (SSSR count). The summed E-state index contributed by atoms with van der Waals surface area (Å²) in [4.78, 5) is 13.3. The Balaban J connectivity index is 2.74. The zero-order chi connectivity index (χ0) is 10.9. The fourth-order valence-corrected chi connectivity index (χ4v) is 2.53. The third kappa shape index (κ3) is 2.27. The molecule has 1 N–H and O–H groups in total. The molecule has 0 aromatic rings. The monoisotopic (exact) mass is 199 g/mol. The summed E-state index contributed by atoms with van der Waals surface area (Å²) < 4.78 is 0. The average Bonchev–Trinajstić information content (AvgIpc) is 2.29. The maximum atomic E-state index is 11.1. The number of hydrogen-bond donors (Lipinski definition) is 1. The molecule has 3 atom stereocenters. The van der Waals surface area contributed by atoms with Crippen LogP contribution in [0.4, 0.5) is 0 Å². The molecule has 3 nitrogen and oxygen atoms in total. The highest BCUT2D eigenvalue weighted by molar-refractivity contribution is 5.73. The Hall–Kier alpha value is -0.570. The topological polar surface area (TPSA) is 40.5 Å². The Morgan fingerprint density at radius 3 is 2.29 bits per heavy atom. The maximum absolute atomic E-state index is 11.1. The van der Waals surface area contributed by atoms with E-state index in [1.807, 2.05) is 13.8 Å². The van der Waals surface area contributed by atoms with Gasteiger partial charge in [0, 0.05) is 12.6 Å². The first-order chi connectivity index (χ1) is 6.43. The Kier molecular flexibility index (Phi) is 3.53. The lowest BCUT2D eigenvalue weighted by Gasteiger charge is -2.30. The summed E-state index contributed by atoms with van der Waals surface area (Å²) in [6.45, 7) is 9.21. The van der Waals surface area contributed by atoms with Gasteiger partial charge in [-0.3, -0.25) is 9.69 Å². The number of aliphatic carboxylic acids is 1. The molecule has 0 saturated carbocycles. The summed E-state index contributed by atoms with van der Waals surface area (Å²) in [6.07, 6.45) is 1.12. The lowest BCUT2D eigenvalue weighted by Crippen LogP contribution is -2.46. The molecule has 0 radical (unpaired) electrons. The fraction of sp³-hybridized carbons (Fsp3) is 0.909. The molecular formula is C11H21NO2. The third-order valence-corrected chi connectivity index (χ3v) is 3.07. The van der Waals surface area contributed by atoms with Crippen molar-refractivity contribution in [2.24, 2.45) is 11.8 Å². The van der Waals surface area contributed by atoms with E-state index in [1.165, 1.54) is 0 Å². The summed E-state index contributed by atoms with van der Waals surface area (Å²) in [7, 11) is 0. The third-order valence-electron chi connectivity index (χ3n) is 3.07. The smallest absolute Gasteiger partial charge is 0.321 e. The van der Waals surface area contributed by atoms with Crippen molar-refractivity contribution in [2.45, 2.75) is 46.2 Å². The normalized spacial score (nSPS) is 30.9. The second kappa shape index (κ2) is 4.30. The van der Waals surface area contributed by atoms with E-state index in [1.54, 1.807) is 0 Å². The second-order valence-corrected chi connectivity index (χ2v) is 4.91. The molecule has 1 saturated heterocycles. The quantitative estimate of drug-likeness (QED) is 0.753. The van der Waals surface area contributed by atoms with Gasteiger partial charge in [0.2, 0.25) is 0 Å². The van der Waals surface area contributed by atoms with Gasteiger partial charge >= 0.3 is 5.97 Å². The Morgan fingerprint density at radius 2 is 2.00 bits per heavy atom. The van der Waals surface area contributed by atoms with Gasteiger partial charge in [-0.2, -0.15) is 0 Å². The van der Waals surface area contributed by atoms with Crippen molar-refractivity contribution < 1.29 is 9.90 Å². The van der Waals surface area contributed by atoms with Crippen LogP contribution in [0.3, 0.4) is 0 Å². The molecule has 1 fully saturated rings. The summed E-state index contributed by atoms with van der Waals surface area (Å²) in [5.74, 6) is 0.131. The van der Waals surface area contributed by atoms with E-state index in [4.69, 9.17) is 5.11 Å². The lowest BCUT2D eigenvalue weighted by atomic mass is 10.0. The zero-order valence-electron chi connectivity index (χ0n) is 9.53. The molecule has 0 spiro atoms. The number of nitrogens with zero attached hydrogens (tertiary/aromatic N) is 1. The molecule has 0 aromatic carbocycles. The van der Waals surface area contributed by atoms with Crippen LogP contribution in [0.5, 0.6) is 0 Å². The van der Waals surface area contributed by atoms with Gasteiger partial charge < -0.3 is 5.11 Å². The van der Waals surface area contributed by atoms with Crippen molar-refractivity contribution in [1.29, 1.82) is 0 Å². The number of rotatable bonds is 3. The summed E-state index contributed by atoms with van der Waals surface area (Å²) in [6, 6.07) is 0.100. The molecule has 0 aliphatic carbocycles. The minimum atomic E-state index is -0.680. The molecule has 0 bridgehead atoms. The Morgan fingerprint density at radius 1 is 1.43 bits per heavy atom. The minimum Gasteiger partial charge on any atom is -0.480 e. The molecule has 0 aromatic heterocycles. The van der Waals surface area contributed by atoms with Gasteiger partial charge in [0.1, 0.15) is 6.04 Å². The highest BCUT2D eigenvalue weighted by Crippen LogP contribution is 2.27.